The maximum absolute atomic E-state index is 5.95. The van der Waals surface area contributed by atoms with Gasteiger partial charge < -0.3 is 52.1 Å². The maximum Gasteiger partial charge on any atom is 0.147 e. The molecule has 0 amide bonds. The van der Waals surface area contributed by atoms with Crippen molar-refractivity contribution in [2.24, 2.45) is 0 Å². The molecule has 234 valence electrons. The first-order chi connectivity index (χ1) is 20.3. The van der Waals surface area contributed by atoms with Crippen LogP contribution in [-0.2, 0) is 64.9 Å². The first-order valence-corrected chi connectivity index (χ1v) is 14.8. The molecule has 0 aliphatic carbocycles. The van der Waals surface area contributed by atoms with Gasteiger partial charge in [0.15, 0.2) is 0 Å². The van der Waals surface area contributed by atoms with E-state index in [2.05, 4.69) is 24.3 Å². The zero-order valence-electron chi connectivity index (χ0n) is 24.6. The highest BCUT2D eigenvalue weighted by atomic mass is 16.7. The highest BCUT2D eigenvalue weighted by molar-refractivity contribution is 5.24. The van der Waals surface area contributed by atoms with Gasteiger partial charge in [0.1, 0.15) is 38.0 Å². The SMILES string of the molecule is CO[C@@H]1[C@@H]2COCCOCCOCCOCCOC[C@@H]3OCO[C@H](CCc4cccc(c4)CC[C@H]1OCO2)[C@@H]3OC. The molecule has 6 bridgehead atoms. The van der Waals surface area contributed by atoms with Crippen LogP contribution in [0.25, 0.3) is 0 Å². The summed E-state index contributed by atoms with van der Waals surface area (Å²) in [6, 6.07) is 8.71. The maximum atomic E-state index is 5.95. The molecule has 0 aromatic heterocycles. The van der Waals surface area contributed by atoms with Crippen molar-refractivity contribution >= 4 is 0 Å². The van der Waals surface area contributed by atoms with Crippen LogP contribution in [0, 0.1) is 0 Å². The zero-order valence-corrected chi connectivity index (χ0v) is 24.6. The minimum absolute atomic E-state index is 0.0764. The van der Waals surface area contributed by atoms with E-state index in [9.17, 15) is 0 Å². The average molecular weight is 585 g/mol. The lowest BCUT2D eigenvalue weighted by Crippen LogP contribution is -2.49. The number of ether oxygens (including phenoxy) is 11. The Morgan fingerprint density at radius 1 is 0.537 bits per heavy atom. The molecule has 0 unspecified atom stereocenters. The molecule has 1 aromatic carbocycles. The molecule has 41 heavy (non-hydrogen) atoms. The molecule has 0 radical (unpaired) electrons. The van der Waals surface area contributed by atoms with E-state index in [1.54, 1.807) is 14.2 Å². The van der Waals surface area contributed by atoms with E-state index in [0.717, 1.165) is 25.7 Å². The van der Waals surface area contributed by atoms with E-state index in [0.29, 0.717) is 66.1 Å². The quantitative estimate of drug-likeness (QED) is 0.511. The van der Waals surface area contributed by atoms with E-state index < -0.39 is 0 Å². The number of hydrogen-bond donors (Lipinski definition) is 0. The smallest absolute Gasteiger partial charge is 0.147 e. The van der Waals surface area contributed by atoms with Crippen LogP contribution in [0.5, 0.6) is 0 Å². The Labute approximate surface area is 243 Å². The van der Waals surface area contributed by atoms with Crippen molar-refractivity contribution in [1.29, 1.82) is 0 Å². The van der Waals surface area contributed by atoms with E-state index in [1.807, 2.05) is 0 Å². The number of rotatable bonds is 2. The predicted octanol–water partition coefficient (Wildman–Crippen LogP) is 2.16. The Bertz CT molecular complexity index is 766. The Hall–Kier alpha value is -1.22. The fourth-order valence-corrected chi connectivity index (χ4v) is 5.41. The van der Waals surface area contributed by atoms with Crippen molar-refractivity contribution in [3.63, 3.8) is 0 Å². The Morgan fingerprint density at radius 2 is 0.927 bits per heavy atom. The minimum atomic E-state index is -0.205. The molecule has 1 aromatic rings. The number of fused-ring (bicyclic) bond motifs is 6. The van der Waals surface area contributed by atoms with Gasteiger partial charge >= 0.3 is 0 Å². The van der Waals surface area contributed by atoms with Gasteiger partial charge in [-0.2, -0.15) is 0 Å². The largest absolute Gasteiger partial charge is 0.377 e. The number of methoxy groups -OCH3 is 2. The molecular formula is C30H48O11. The van der Waals surface area contributed by atoms with Gasteiger partial charge in [-0.05, 0) is 36.8 Å². The Kier molecular flexibility index (Phi) is 15.3. The van der Waals surface area contributed by atoms with Crippen molar-refractivity contribution in [2.75, 3.05) is 93.9 Å². The van der Waals surface area contributed by atoms with Gasteiger partial charge in [0, 0.05) is 14.2 Å². The van der Waals surface area contributed by atoms with Gasteiger partial charge in [0.05, 0.1) is 78.3 Å². The molecular weight excluding hydrogens is 536 g/mol. The van der Waals surface area contributed by atoms with E-state index in [-0.39, 0.29) is 50.2 Å². The second-order valence-electron chi connectivity index (χ2n) is 10.3. The highest BCUT2D eigenvalue weighted by Crippen LogP contribution is 2.24. The zero-order chi connectivity index (χ0) is 28.5. The molecule has 2 saturated heterocycles. The van der Waals surface area contributed by atoms with Gasteiger partial charge in [0.2, 0.25) is 0 Å². The lowest BCUT2D eigenvalue weighted by atomic mass is 9.96. The fourth-order valence-electron chi connectivity index (χ4n) is 5.41. The molecule has 6 atom stereocenters. The Balaban J connectivity index is 1.34. The summed E-state index contributed by atoms with van der Waals surface area (Å²) in [5.41, 5.74) is 2.53. The molecule has 2 fully saturated rings. The van der Waals surface area contributed by atoms with Crippen molar-refractivity contribution < 1.29 is 52.1 Å². The summed E-state index contributed by atoms with van der Waals surface area (Å²) < 4.78 is 63.5. The van der Waals surface area contributed by atoms with Crippen LogP contribution >= 0.6 is 0 Å². The monoisotopic (exact) mass is 584 g/mol. The fraction of sp³-hybridized carbons (Fsp3) is 0.800. The summed E-state index contributed by atoms with van der Waals surface area (Å²) in [5, 5.41) is 0. The summed E-state index contributed by atoms with van der Waals surface area (Å²) in [5.74, 6) is 0. The number of hydrogen-bond acceptors (Lipinski definition) is 11. The Morgan fingerprint density at radius 3 is 1.34 bits per heavy atom. The third-order valence-corrected chi connectivity index (χ3v) is 7.62. The van der Waals surface area contributed by atoms with Crippen molar-refractivity contribution in [2.45, 2.75) is 62.3 Å². The van der Waals surface area contributed by atoms with Crippen LogP contribution in [0.2, 0.25) is 0 Å². The van der Waals surface area contributed by atoms with Crippen molar-refractivity contribution in [3.05, 3.63) is 35.4 Å². The number of benzene rings is 1. The van der Waals surface area contributed by atoms with Crippen LogP contribution in [0.3, 0.4) is 0 Å². The van der Waals surface area contributed by atoms with Crippen LogP contribution in [0.1, 0.15) is 24.0 Å². The van der Waals surface area contributed by atoms with Gasteiger partial charge in [-0.3, -0.25) is 0 Å². The predicted molar refractivity (Wildman–Crippen MR) is 148 cm³/mol. The topological polar surface area (TPSA) is 102 Å². The molecule has 0 N–H and O–H groups in total. The summed E-state index contributed by atoms with van der Waals surface area (Å²) in [7, 11) is 3.39. The summed E-state index contributed by atoms with van der Waals surface area (Å²) >= 11 is 0. The van der Waals surface area contributed by atoms with Gasteiger partial charge in [-0.15, -0.1) is 0 Å². The van der Waals surface area contributed by atoms with E-state index in [1.165, 1.54) is 11.1 Å². The second kappa shape index (κ2) is 19.1. The molecule has 3 aliphatic heterocycles. The summed E-state index contributed by atoms with van der Waals surface area (Å²) in [6.07, 6.45) is 2.45. The third kappa shape index (κ3) is 11.1. The molecule has 11 nitrogen and oxygen atoms in total. The van der Waals surface area contributed by atoms with Gasteiger partial charge in [0.25, 0.3) is 0 Å². The highest BCUT2D eigenvalue weighted by Gasteiger charge is 2.36. The molecule has 3 aliphatic rings. The first kappa shape index (κ1) is 32.7. The molecule has 3 heterocycles. The minimum Gasteiger partial charge on any atom is -0.377 e. The average Bonchev–Trinajstić information content (AvgIpc) is 3.00. The summed E-state index contributed by atoms with van der Waals surface area (Å²) in [6.45, 7) is 5.22. The van der Waals surface area contributed by atoms with Crippen LogP contribution < -0.4 is 0 Å². The van der Waals surface area contributed by atoms with Crippen LogP contribution in [0.15, 0.2) is 24.3 Å². The van der Waals surface area contributed by atoms with Gasteiger partial charge in [-0.1, -0.05) is 24.3 Å². The lowest BCUT2D eigenvalue weighted by molar-refractivity contribution is -0.248. The normalized spacial score (nSPS) is 32.8. The molecule has 0 saturated carbocycles. The van der Waals surface area contributed by atoms with Crippen LogP contribution in [0.4, 0.5) is 0 Å². The third-order valence-electron chi connectivity index (χ3n) is 7.62. The van der Waals surface area contributed by atoms with Crippen LogP contribution in [-0.4, -0.2) is 130 Å². The van der Waals surface area contributed by atoms with E-state index >= 15 is 0 Å². The molecule has 0 spiro atoms. The van der Waals surface area contributed by atoms with Crippen molar-refractivity contribution in [3.8, 4) is 0 Å². The van der Waals surface area contributed by atoms with Crippen molar-refractivity contribution in [1.82, 2.24) is 0 Å². The second-order valence-corrected chi connectivity index (χ2v) is 10.3. The molecule has 4 rings (SSSR count). The lowest BCUT2D eigenvalue weighted by Gasteiger charge is -2.37. The first-order valence-electron chi connectivity index (χ1n) is 14.8. The summed E-state index contributed by atoms with van der Waals surface area (Å²) in [4.78, 5) is 0. The van der Waals surface area contributed by atoms with Gasteiger partial charge in [-0.25, -0.2) is 0 Å². The van der Waals surface area contributed by atoms with E-state index in [4.69, 9.17) is 52.1 Å². The number of aryl methyl sites for hydroxylation is 2. The standard InChI is InChI=1S/C30H48O11/c1-31-29-25-8-6-23-4-3-5-24(18-23)7-9-26-30(32-2)28(41-22-39-26)20-37-17-15-35-13-11-33-10-12-34-14-16-36-19-27(29)40-21-38-25/h3-5,18,25-30H,6-17,19-22H2,1-2H3/t25-,26-,27+,28+,29+,30+/m1/s1. The molecule has 11 heteroatoms.